The summed E-state index contributed by atoms with van der Waals surface area (Å²) in [5, 5.41) is 10.8. The van der Waals surface area contributed by atoms with Gasteiger partial charge in [0.1, 0.15) is 11.6 Å². The minimum atomic E-state index is -0.956. The maximum Gasteiger partial charge on any atom is 0.314 e. The van der Waals surface area contributed by atoms with Crippen molar-refractivity contribution in [3.05, 3.63) is 56.6 Å². The van der Waals surface area contributed by atoms with E-state index in [2.05, 4.69) is 15.9 Å². The number of halogens is 3. The third kappa shape index (κ3) is 3.46. The number of hydrogen-bond acceptors (Lipinski definition) is 4. The summed E-state index contributed by atoms with van der Waals surface area (Å²) in [4.78, 5) is 9.98. The van der Waals surface area contributed by atoms with Crippen LogP contribution in [0.2, 0.25) is 0 Å². The lowest BCUT2D eigenvalue weighted by Gasteiger charge is -2.09. The van der Waals surface area contributed by atoms with Crippen LogP contribution < -0.4 is 9.47 Å². The number of nitro groups is 1. The molecule has 0 heterocycles. The summed E-state index contributed by atoms with van der Waals surface area (Å²) in [7, 11) is 1.21. The van der Waals surface area contributed by atoms with Crippen LogP contribution in [-0.4, -0.2) is 12.0 Å². The lowest BCUT2D eigenvalue weighted by molar-refractivity contribution is -0.386. The molecule has 2 aromatic rings. The SMILES string of the molecule is COc1cc(Oc2cc(F)cc(Br)c2)c(F)cc1[N+](=O)[O-]. The van der Waals surface area contributed by atoms with Crippen LogP contribution in [0.25, 0.3) is 0 Å². The molecule has 5 nitrogen and oxygen atoms in total. The average molecular weight is 360 g/mol. The van der Waals surface area contributed by atoms with Crippen molar-refractivity contribution in [1.82, 2.24) is 0 Å². The molecule has 110 valence electrons. The zero-order valence-corrected chi connectivity index (χ0v) is 12.2. The molecule has 0 spiro atoms. The van der Waals surface area contributed by atoms with Crippen LogP contribution in [0.4, 0.5) is 14.5 Å². The summed E-state index contributed by atoms with van der Waals surface area (Å²) >= 11 is 3.08. The first-order valence-corrected chi connectivity index (χ1v) is 6.36. The Balaban J connectivity index is 2.42. The summed E-state index contributed by atoms with van der Waals surface area (Å²) in [5.74, 6) is -1.96. The fourth-order valence-electron chi connectivity index (χ4n) is 1.62. The molecule has 0 unspecified atom stereocenters. The van der Waals surface area contributed by atoms with Gasteiger partial charge in [-0.3, -0.25) is 10.1 Å². The van der Waals surface area contributed by atoms with E-state index >= 15 is 0 Å². The fourth-order valence-corrected chi connectivity index (χ4v) is 2.07. The standard InChI is InChI=1S/C13H8BrF2NO4/c1-20-13-6-12(10(16)5-11(13)17(18)19)21-9-3-7(14)2-8(15)4-9/h2-6H,1H3. The highest BCUT2D eigenvalue weighted by atomic mass is 79.9. The Labute approximate surface area is 126 Å². The lowest BCUT2D eigenvalue weighted by atomic mass is 10.2. The van der Waals surface area contributed by atoms with Gasteiger partial charge in [0.2, 0.25) is 5.75 Å². The third-order valence-electron chi connectivity index (χ3n) is 2.49. The average Bonchev–Trinajstić information content (AvgIpc) is 2.39. The third-order valence-corrected chi connectivity index (χ3v) is 2.95. The maximum absolute atomic E-state index is 13.8. The van der Waals surface area contributed by atoms with E-state index in [0.29, 0.717) is 10.5 Å². The van der Waals surface area contributed by atoms with Crippen molar-refractivity contribution in [1.29, 1.82) is 0 Å². The number of nitro benzene ring substituents is 1. The fraction of sp³-hybridized carbons (Fsp3) is 0.0769. The molecule has 2 rings (SSSR count). The van der Waals surface area contributed by atoms with E-state index in [1.165, 1.54) is 19.2 Å². The molecular weight excluding hydrogens is 352 g/mol. The first kappa shape index (κ1) is 15.2. The summed E-state index contributed by atoms with van der Waals surface area (Å²) in [6.45, 7) is 0. The quantitative estimate of drug-likeness (QED) is 0.598. The molecule has 2 aromatic carbocycles. The van der Waals surface area contributed by atoms with Crippen LogP contribution in [-0.2, 0) is 0 Å². The van der Waals surface area contributed by atoms with Gasteiger partial charge < -0.3 is 9.47 Å². The summed E-state index contributed by atoms with van der Waals surface area (Å²) in [6.07, 6.45) is 0. The number of nitrogens with zero attached hydrogens (tertiary/aromatic N) is 1. The van der Waals surface area contributed by atoms with E-state index < -0.39 is 22.2 Å². The first-order chi connectivity index (χ1) is 9.90. The van der Waals surface area contributed by atoms with Crippen LogP contribution in [0.1, 0.15) is 0 Å². The molecule has 8 heteroatoms. The first-order valence-electron chi connectivity index (χ1n) is 5.56. The van der Waals surface area contributed by atoms with Crippen molar-refractivity contribution in [3.8, 4) is 17.2 Å². The van der Waals surface area contributed by atoms with E-state index in [9.17, 15) is 18.9 Å². The van der Waals surface area contributed by atoms with Crippen molar-refractivity contribution < 1.29 is 23.2 Å². The molecule has 0 aliphatic heterocycles. The molecule has 0 saturated carbocycles. The highest BCUT2D eigenvalue weighted by Crippen LogP contribution is 2.36. The van der Waals surface area contributed by atoms with Crippen LogP contribution >= 0.6 is 15.9 Å². The molecule has 0 saturated heterocycles. The molecule has 0 fully saturated rings. The zero-order valence-electron chi connectivity index (χ0n) is 10.6. The van der Waals surface area contributed by atoms with Gasteiger partial charge in [0.15, 0.2) is 11.6 Å². The van der Waals surface area contributed by atoms with Crippen molar-refractivity contribution in [2.75, 3.05) is 7.11 Å². The predicted octanol–water partition coefficient (Wildman–Crippen LogP) is 4.44. The number of ether oxygens (including phenoxy) is 2. The van der Waals surface area contributed by atoms with Gasteiger partial charge in [0, 0.05) is 16.6 Å². The lowest BCUT2D eigenvalue weighted by Crippen LogP contribution is -1.97. The monoisotopic (exact) mass is 359 g/mol. The number of benzene rings is 2. The van der Waals surface area contributed by atoms with Crippen molar-refractivity contribution >= 4 is 21.6 Å². The van der Waals surface area contributed by atoms with Gasteiger partial charge in [0.25, 0.3) is 0 Å². The molecule has 0 aromatic heterocycles. The Bertz CT molecular complexity index is 689. The van der Waals surface area contributed by atoms with Crippen molar-refractivity contribution in [2.24, 2.45) is 0 Å². The topological polar surface area (TPSA) is 61.6 Å². The second-order valence-corrected chi connectivity index (χ2v) is 4.83. The van der Waals surface area contributed by atoms with Crippen molar-refractivity contribution in [3.63, 3.8) is 0 Å². The van der Waals surface area contributed by atoms with Gasteiger partial charge in [-0.25, -0.2) is 8.78 Å². The minimum absolute atomic E-state index is 0.0386. The number of hydrogen-bond donors (Lipinski definition) is 0. The Hall–Kier alpha value is -2.22. The molecule has 0 aliphatic carbocycles. The van der Waals surface area contributed by atoms with Gasteiger partial charge in [-0.1, -0.05) is 15.9 Å². The molecule has 0 aliphatic rings. The smallest absolute Gasteiger partial charge is 0.314 e. The molecule has 21 heavy (non-hydrogen) atoms. The highest BCUT2D eigenvalue weighted by molar-refractivity contribution is 9.10. The van der Waals surface area contributed by atoms with Gasteiger partial charge in [-0.05, 0) is 12.1 Å². The van der Waals surface area contributed by atoms with Crippen LogP contribution in [0.15, 0.2) is 34.8 Å². The molecule has 0 radical (unpaired) electrons. The van der Waals surface area contributed by atoms with E-state index in [0.717, 1.165) is 12.1 Å². The Kier molecular flexibility index (Phi) is 4.37. The van der Waals surface area contributed by atoms with Gasteiger partial charge in [-0.2, -0.15) is 0 Å². The number of methoxy groups -OCH3 is 1. The second kappa shape index (κ2) is 6.04. The molecule has 0 atom stereocenters. The molecular formula is C13H8BrF2NO4. The largest absolute Gasteiger partial charge is 0.490 e. The Morgan fingerprint density at radius 1 is 1.14 bits per heavy atom. The van der Waals surface area contributed by atoms with E-state index in [-0.39, 0.29) is 17.2 Å². The predicted molar refractivity (Wildman–Crippen MR) is 73.8 cm³/mol. The summed E-state index contributed by atoms with van der Waals surface area (Å²) < 4.78 is 37.5. The van der Waals surface area contributed by atoms with Gasteiger partial charge in [0.05, 0.1) is 18.1 Å². The minimum Gasteiger partial charge on any atom is -0.490 e. The van der Waals surface area contributed by atoms with E-state index in [1.807, 2.05) is 0 Å². The normalized spacial score (nSPS) is 10.3. The van der Waals surface area contributed by atoms with E-state index in [4.69, 9.17) is 9.47 Å². The Morgan fingerprint density at radius 2 is 1.86 bits per heavy atom. The summed E-state index contributed by atoms with van der Waals surface area (Å²) in [5.41, 5.74) is -0.525. The van der Waals surface area contributed by atoms with Crippen LogP contribution in [0.3, 0.4) is 0 Å². The zero-order chi connectivity index (χ0) is 15.6. The van der Waals surface area contributed by atoms with Crippen LogP contribution in [0, 0.1) is 21.7 Å². The highest BCUT2D eigenvalue weighted by Gasteiger charge is 2.20. The number of rotatable bonds is 4. The second-order valence-electron chi connectivity index (χ2n) is 3.92. The van der Waals surface area contributed by atoms with Gasteiger partial charge >= 0.3 is 5.69 Å². The van der Waals surface area contributed by atoms with Crippen LogP contribution in [0.5, 0.6) is 17.2 Å². The molecule has 0 amide bonds. The molecule has 0 N–H and O–H groups in total. The Morgan fingerprint density at radius 3 is 2.43 bits per heavy atom. The molecule has 0 bridgehead atoms. The maximum atomic E-state index is 13.8. The van der Waals surface area contributed by atoms with Crippen molar-refractivity contribution in [2.45, 2.75) is 0 Å². The van der Waals surface area contributed by atoms with E-state index in [1.54, 1.807) is 0 Å². The summed E-state index contributed by atoms with van der Waals surface area (Å²) in [6, 6.07) is 5.41. The van der Waals surface area contributed by atoms with Gasteiger partial charge in [-0.15, -0.1) is 0 Å².